The van der Waals surface area contributed by atoms with E-state index in [0.717, 1.165) is 24.2 Å². The average molecular weight is 416 g/mol. The van der Waals surface area contributed by atoms with Gasteiger partial charge in [-0.2, -0.15) is 0 Å². The van der Waals surface area contributed by atoms with Crippen LogP contribution in [0.2, 0.25) is 0 Å². The normalized spacial score (nSPS) is 21.2. The van der Waals surface area contributed by atoms with Crippen LogP contribution in [0.25, 0.3) is 0 Å². The van der Waals surface area contributed by atoms with E-state index in [-0.39, 0.29) is 29.5 Å². The Balaban J connectivity index is 1.46. The summed E-state index contributed by atoms with van der Waals surface area (Å²) >= 11 is 0. The fourth-order valence-electron chi connectivity index (χ4n) is 3.63. The van der Waals surface area contributed by atoms with Gasteiger partial charge in [0.05, 0.1) is 23.6 Å². The summed E-state index contributed by atoms with van der Waals surface area (Å²) in [5.41, 5.74) is 1.23. The first kappa shape index (κ1) is 19.9. The van der Waals surface area contributed by atoms with Crippen molar-refractivity contribution in [3.05, 3.63) is 59.7 Å². The van der Waals surface area contributed by atoms with E-state index >= 15 is 0 Å². The van der Waals surface area contributed by atoms with Crippen molar-refractivity contribution >= 4 is 15.9 Å². The second-order valence-electron chi connectivity index (χ2n) is 7.22. The molecule has 7 nitrogen and oxygen atoms in total. The summed E-state index contributed by atoms with van der Waals surface area (Å²) in [6, 6.07) is 13.5. The van der Waals surface area contributed by atoms with Gasteiger partial charge in [-0.3, -0.25) is 4.79 Å². The van der Waals surface area contributed by atoms with Crippen molar-refractivity contribution in [2.75, 3.05) is 19.8 Å². The SMILES string of the molecule is O=C(N[C@@H]1CCOc2ccccc21)c1cccc(S(=O)(=O)NC[C@@H]2CCCO2)c1. The van der Waals surface area contributed by atoms with E-state index in [9.17, 15) is 13.2 Å². The van der Waals surface area contributed by atoms with Crippen molar-refractivity contribution < 1.29 is 22.7 Å². The number of carbonyl (C=O) groups excluding carboxylic acids is 1. The molecule has 1 saturated heterocycles. The highest BCUT2D eigenvalue weighted by Crippen LogP contribution is 2.31. The first-order chi connectivity index (χ1) is 14.0. The smallest absolute Gasteiger partial charge is 0.251 e. The molecular weight excluding hydrogens is 392 g/mol. The number of carbonyl (C=O) groups is 1. The summed E-state index contributed by atoms with van der Waals surface area (Å²) in [6.07, 6.45) is 2.35. The first-order valence-electron chi connectivity index (χ1n) is 9.77. The fraction of sp³-hybridized carbons (Fsp3) is 0.381. The molecule has 8 heteroatoms. The van der Waals surface area contributed by atoms with Crippen LogP contribution in [0.5, 0.6) is 5.75 Å². The van der Waals surface area contributed by atoms with Crippen LogP contribution in [-0.4, -0.2) is 40.2 Å². The van der Waals surface area contributed by atoms with Crippen LogP contribution in [0.4, 0.5) is 0 Å². The Morgan fingerprint density at radius 2 is 1.93 bits per heavy atom. The van der Waals surface area contributed by atoms with Gasteiger partial charge in [-0.05, 0) is 37.1 Å². The lowest BCUT2D eigenvalue weighted by Gasteiger charge is -2.26. The molecule has 0 aliphatic carbocycles. The molecule has 2 aromatic rings. The number of sulfonamides is 1. The van der Waals surface area contributed by atoms with E-state index in [4.69, 9.17) is 9.47 Å². The van der Waals surface area contributed by atoms with Gasteiger partial charge in [-0.1, -0.05) is 24.3 Å². The van der Waals surface area contributed by atoms with Gasteiger partial charge in [0, 0.05) is 30.7 Å². The number of rotatable bonds is 6. The highest BCUT2D eigenvalue weighted by atomic mass is 32.2. The average Bonchev–Trinajstić information content (AvgIpc) is 3.26. The fourth-order valence-corrected chi connectivity index (χ4v) is 4.74. The molecule has 0 unspecified atom stereocenters. The maximum atomic E-state index is 12.8. The van der Waals surface area contributed by atoms with E-state index in [1.165, 1.54) is 12.1 Å². The molecule has 1 fully saturated rings. The summed E-state index contributed by atoms with van der Waals surface area (Å²) in [5.74, 6) is 0.446. The van der Waals surface area contributed by atoms with E-state index in [1.54, 1.807) is 12.1 Å². The van der Waals surface area contributed by atoms with Gasteiger partial charge < -0.3 is 14.8 Å². The molecule has 2 atom stereocenters. The third-order valence-corrected chi connectivity index (χ3v) is 6.62. The van der Waals surface area contributed by atoms with Gasteiger partial charge in [-0.15, -0.1) is 0 Å². The van der Waals surface area contributed by atoms with E-state index in [0.29, 0.717) is 25.2 Å². The first-order valence-corrected chi connectivity index (χ1v) is 11.3. The number of nitrogens with one attached hydrogen (secondary N) is 2. The molecule has 2 aliphatic rings. The van der Waals surface area contributed by atoms with Crippen LogP contribution in [0.3, 0.4) is 0 Å². The highest BCUT2D eigenvalue weighted by molar-refractivity contribution is 7.89. The summed E-state index contributed by atoms with van der Waals surface area (Å²) in [4.78, 5) is 12.8. The summed E-state index contributed by atoms with van der Waals surface area (Å²) in [7, 11) is -3.72. The number of hydrogen-bond donors (Lipinski definition) is 2. The molecule has 2 N–H and O–H groups in total. The quantitative estimate of drug-likeness (QED) is 0.754. The standard InChI is InChI=1S/C21H24N2O5S/c24-21(23-19-10-12-28-20-9-2-1-8-18(19)20)15-5-3-7-17(13-15)29(25,26)22-14-16-6-4-11-27-16/h1-3,5,7-9,13,16,19,22H,4,6,10-12,14H2,(H,23,24)/t16-,19+/m0/s1. The molecule has 29 heavy (non-hydrogen) atoms. The van der Waals surface area contributed by atoms with Crippen LogP contribution in [0.15, 0.2) is 53.4 Å². The predicted octanol–water partition coefficient (Wildman–Crippen LogP) is 2.40. The van der Waals surface area contributed by atoms with Gasteiger partial charge in [0.2, 0.25) is 10.0 Å². The second-order valence-corrected chi connectivity index (χ2v) is 8.98. The van der Waals surface area contributed by atoms with E-state index < -0.39 is 10.0 Å². The minimum Gasteiger partial charge on any atom is -0.493 e. The summed E-state index contributed by atoms with van der Waals surface area (Å²) in [6.45, 7) is 1.42. The molecule has 2 aliphatic heterocycles. The lowest BCUT2D eigenvalue weighted by molar-refractivity contribution is 0.0924. The van der Waals surface area contributed by atoms with Crippen molar-refractivity contribution in [1.82, 2.24) is 10.0 Å². The largest absolute Gasteiger partial charge is 0.493 e. The molecule has 1 amide bonds. The number of amides is 1. The Labute approximate surface area is 170 Å². The lowest BCUT2D eigenvalue weighted by Crippen LogP contribution is -2.33. The maximum Gasteiger partial charge on any atom is 0.251 e. The number of para-hydroxylation sites is 1. The highest BCUT2D eigenvalue weighted by Gasteiger charge is 2.24. The van der Waals surface area contributed by atoms with Crippen LogP contribution in [0.1, 0.15) is 41.2 Å². The predicted molar refractivity (Wildman–Crippen MR) is 107 cm³/mol. The Bertz CT molecular complexity index is 986. The monoisotopic (exact) mass is 416 g/mol. The van der Waals surface area contributed by atoms with Gasteiger partial charge in [0.15, 0.2) is 0 Å². The van der Waals surface area contributed by atoms with Crippen LogP contribution >= 0.6 is 0 Å². The topological polar surface area (TPSA) is 93.7 Å². The van der Waals surface area contributed by atoms with Crippen LogP contribution < -0.4 is 14.8 Å². The molecule has 0 spiro atoms. The molecule has 154 valence electrons. The van der Waals surface area contributed by atoms with Crippen molar-refractivity contribution in [3.63, 3.8) is 0 Å². The zero-order chi connectivity index (χ0) is 20.3. The summed E-state index contributed by atoms with van der Waals surface area (Å²) < 4.78 is 38.9. The maximum absolute atomic E-state index is 12.8. The molecular formula is C21H24N2O5S. The number of ether oxygens (including phenoxy) is 2. The van der Waals surface area contributed by atoms with Crippen molar-refractivity contribution in [1.29, 1.82) is 0 Å². The van der Waals surface area contributed by atoms with Gasteiger partial charge in [0.25, 0.3) is 5.91 Å². The third kappa shape index (κ3) is 4.60. The van der Waals surface area contributed by atoms with Gasteiger partial charge in [0.1, 0.15) is 5.75 Å². The lowest BCUT2D eigenvalue weighted by atomic mass is 10.00. The molecule has 4 rings (SSSR count). The molecule has 0 radical (unpaired) electrons. The Hall–Kier alpha value is -2.42. The zero-order valence-corrected chi connectivity index (χ0v) is 16.8. The number of fused-ring (bicyclic) bond motifs is 1. The molecule has 2 heterocycles. The Morgan fingerprint density at radius 3 is 2.76 bits per heavy atom. The van der Waals surface area contributed by atoms with Crippen LogP contribution in [-0.2, 0) is 14.8 Å². The summed E-state index contributed by atoms with van der Waals surface area (Å²) in [5, 5.41) is 2.99. The molecule has 0 aromatic heterocycles. The van der Waals surface area contributed by atoms with Crippen molar-refractivity contribution in [3.8, 4) is 5.75 Å². The number of benzene rings is 2. The molecule has 2 aromatic carbocycles. The number of hydrogen-bond acceptors (Lipinski definition) is 5. The minimum atomic E-state index is -3.72. The van der Waals surface area contributed by atoms with Gasteiger partial charge >= 0.3 is 0 Å². The second kappa shape index (κ2) is 8.52. The molecule has 0 bridgehead atoms. The van der Waals surface area contributed by atoms with Crippen molar-refractivity contribution in [2.24, 2.45) is 0 Å². The minimum absolute atomic E-state index is 0.0653. The van der Waals surface area contributed by atoms with Crippen molar-refractivity contribution in [2.45, 2.75) is 36.3 Å². The Kier molecular flexibility index (Phi) is 5.84. The van der Waals surface area contributed by atoms with E-state index in [2.05, 4.69) is 10.0 Å². The van der Waals surface area contributed by atoms with Crippen LogP contribution in [0, 0.1) is 0 Å². The Morgan fingerprint density at radius 1 is 1.07 bits per heavy atom. The third-order valence-electron chi connectivity index (χ3n) is 5.20. The van der Waals surface area contributed by atoms with E-state index in [1.807, 2.05) is 24.3 Å². The molecule has 0 saturated carbocycles. The zero-order valence-electron chi connectivity index (χ0n) is 16.0. The van der Waals surface area contributed by atoms with Gasteiger partial charge in [-0.25, -0.2) is 13.1 Å².